The van der Waals surface area contributed by atoms with Gasteiger partial charge in [0, 0.05) is 11.3 Å². The van der Waals surface area contributed by atoms with Gasteiger partial charge in [0.1, 0.15) is 5.54 Å². The van der Waals surface area contributed by atoms with Crippen molar-refractivity contribution < 1.29 is 14.4 Å². The van der Waals surface area contributed by atoms with Crippen LogP contribution in [0.15, 0.2) is 84.9 Å². The van der Waals surface area contributed by atoms with Gasteiger partial charge < -0.3 is 10.6 Å². The van der Waals surface area contributed by atoms with Crippen molar-refractivity contribution in [3.05, 3.63) is 102 Å². The Hall–Kier alpha value is -3.93. The number of carbonyl (C=O) groups is 3. The molecule has 1 heterocycles. The molecule has 0 aliphatic carbocycles. The van der Waals surface area contributed by atoms with E-state index in [0.717, 1.165) is 11.1 Å². The number of rotatable bonds is 6. The number of carbonyl (C=O) groups excluding carboxylic acids is 3. The summed E-state index contributed by atoms with van der Waals surface area (Å²) >= 11 is 0. The fourth-order valence-corrected chi connectivity index (χ4v) is 3.80. The molecule has 0 aromatic heterocycles. The zero-order chi connectivity index (χ0) is 21.8. The lowest BCUT2D eigenvalue weighted by Gasteiger charge is -2.25. The molecule has 0 saturated carbocycles. The lowest BCUT2D eigenvalue weighted by Crippen LogP contribution is -2.43. The maximum Gasteiger partial charge on any atom is 0.325 e. The zero-order valence-electron chi connectivity index (χ0n) is 17.2. The van der Waals surface area contributed by atoms with E-state index in [9.17, 15) is 14.4 Å². The van der Waals surface area contributed by atoms with Crippen LogP contribution in [0.4, 0.5) is 10.5 Å². The largest absolute Gasteiger partial charge is 0.325 e. The zero-order valence-corrected chi connectivity index (χ0v) is 17.2. The van der Waals surface area contributed by atoms with Crippen molar-refractivity contribution in [2.24, 2.45) is 0 Å². The first-order chi connectivity index (χ1) is 15.0. The normalized spacial score (nSPS) is 18.0. The van der Waals surface area contributed by atoms with Gasteiger partial charge in [0.15, 0.2) is 0 Å². The molecule has 1 fully saturated rings. The molecule has 0 bridgehead atoms. The molecule has 3 aromatic rings. The minimum absolute atomic E-state index is 0.139. The summed E-state index contributed by atoms with van der Waals surface area (Å²) in [4.78, 5) is 39.5. The van der Waals surface area contributed by atoms with E-state index >= 15 is 0 Å². The van der Waals surface area contributed by atoms with Crippen LogP contribution in [0.1, 0.15) is 34.8 Å². The van der Waals surface area contributed by atoms with E-state index < -0.39 is 11.6 Å². The lowest BCUT2D eigenvalue weighted by molar-refractivity contribution is -0.132. The standard InChI is InChI=1S/C25H23N3O3/c1-2-25(20-9-5-3-6-10-20)23(30)28(24(31)27-25)17-18-13-15-19(16-14-18)22(29)26-21-11-7-4-8-12-21/h3-16H,2,17H2,1H3,(H,26,29)(H,27,31)/t25-/m0/s1. The Kier molecular flexibility index (Phi) is 5.54. The highest BCUT2D eigenvalue weighted by Crippen LogP contribution is 2.33. The van der Waals surface area contributed by atoms with Gasteiger partial charge in [-0.15, -0.1) is 0 Å². The third-order valence-corrected chi connectivity index (χ3v) is 5.56. The highest BCUT2D eigenvalue weighted by molar-refractivity contribution is 6.07. The quantitative estimate of drug-likeness (QED) is 0.592. The van der Waals surface area contributed by atoms with Crippen LogP contribution in [0.5, 0.6) is 0 Å². The third-order valence-electron chi connectivity index (χ3n) is 5.56. The molecule has 4 amide bonds. The minimum Gasteiger partial charge on any atom is -0.322 e. The second-order valence-electron chi connectivity index (χ2n) is 7.46. The lowest BCUT2D eigenvalue weighted by atomic mass is 9.87. The van der Waals surface area contributed by atoms with Crippen LogP contribution in [0.2, 0.25) is 0 Å². The number of nitrogens with zero attached hydrogens (tertiary/aromatic N) is 1. The van der Waals surface area contributed by atoms with E-state index in [-0.39, 0.29) is 18.4 Å². The first-order valence-corrected chi connectivity index (χ1v) is 10.2. The highest BCUT2D eigenvalue weighted by Gasteiger charge is 2.50. The summed E-state index contributed by atoms with van der Waals surface area (Å²) in [6.07, 6.45) is 0.455. The molecule has 1 atom stereocenters. The monoisotopic (exact) mass is 413 g/mol. The number of urea groups is 1. The molecular formula is C25H23N3O3. The van der Waals surface area contributed by atoms with Crippen LogP contribution in [0.3, 0.4) is 0 Å². The first-order valence-electron chi connectivity index (χ1n) is 10.2. The van der Waals surface area contributed by atoms with Gasteiger partial charge in [-0.05, 0) is 41.8 Å². The molecule has 6 heteroatoms. The molecule has 4 rings (SSSR count). The third kappa shape index (κ3) is 3.92. The summed E-state index contributed by atoms with van der Waals surface area (Å²) in [5.74, 6) is -0.487. The van der Waals surface area contributed by atoms with E-state index in [1.54, 1.807) is 24.3 Å². The van der Waals surface area contributed by atoms with Gasteiger partial charge in [0.05, 0.1) is 6.54 Å². The summed E-state index contributed by atoms with van der Waals surface area (Å²) in [5, 5.41) is 5.72. The molecule has 3 aromatic carbocycles. The number of benzene rings is 3. The minimum atomic E-state index is -1.05. The van der Waals surface area contributed by atoms with Crippen molar-refractivity contribution in [3.63, 3.8) is 0 Å². The SMILES string of the molecule is CC[C@@]1(c2ccccc2)NC(=O)N(Cc2ccc(C(=O)Nc3ccccc3)cc2)C1=O. The highest BCUT2D eigenvalue weighted by atomic mass is 16.2. The Morgan fingerprint density at radius 2 is 1.52 bits per heavy atom. The maximum absolute atomic E-state index is 13.2. The Morgan fingerprint density at radius 1 is 0.903 bits per heavy atom. The summed E-state index contributed by atoms with van der Waals surface area (Å²) in [5.41, 5.74) is 1.70. The van der Waals surface area contributed by atoms with Crippen LogP contribution < -0.4 is 10.6 Å². The second-order valence-corrected chi connectivity index (χ2v) is 7.46. The fourth-order valence-electron chi connectivity index (χ4n) is 3.80. The fraction of sp³-hybridized carbons (Fsp3) is 0.160. The van der Waals surface area contributed by atoms with E-state index in [2.05, 4.69) is 10.6 Å². The smallest absolute Gasteiger partial charge is 0.322 e. The Bertz CT molecular complexity index is 1100. The predicted octanol–water partition coefficient (Wildman–Crippen LogP) is 4.30. The number of imide groups is 1. The molecule has 31 heavy (non-hydrogen) atoms. The van der Waals surface area contributed by atoms with Crippen molar-refractivity contribution in [2.75, 3.05) is 5.32 Å². The molecular weight excluding hydrogens is 390 g/mol. The number of anilines is 1. The van der Waals surface area contributed by atoms with Gasteiger partial charge in [0.2, 0.25) is 0 Å². The summed E-state index contributed by atoms with van der Waals surface area (Å²) in [7, 11) is 0. The van der Waals surface area contributed by atoms with Crippen molar-refractivity contribution >= 4 is 23.5 Å². The van der Waals surface area contributed by atoms with Crippen LogP contribution in [0, 0.1) is 0 Å². The van der Waals surface area contributed by atoms with E-state index in [1.165, 1.54) is 4.90 Å². The summed E-state index contributed by atoms with van der Waals surface area (Å²) in [6, 6.07) is 25.0. The predicted molar refractivity (Wildman–Crippen MR) is 118 cm³/mol. The van der Waals surface area contributed by atoms with Gasteiger partial charge in [-0.25, -0.2) is 4.79 Å². The van der Waals surface area contributed by atoms with Crippen molar-refractivity contribution in [1.82, 2.24) is 10.2 Å². The van der Waals surface area contributed by atoms with Gasteiger partial charge in [-0.3, -0.25) is 14.5 Å². The average Bonchev–Trinajstić information content (AvgIpc) is 3.06. The molecule has 6 nitrogen and oxygen atoms in total. The van der Waals surface area contributed by atoms with Crippen LogP contribution in [0.25, 0.3) is 0 Å². The maximum atomic E-state index is 13.2. The first kappa shape index (κ1) is 20.3. The Balaban J connectivity index is 1.48. The topological polar surface area (TPSA) is 78.5 Å². The number of nitrogens with one attached hydrogen (secondary N) is 2. The van der Waals surface area contributed by atoms with Crippen LogP contribution >= 0.6 is 0 Å². The van der Waals surface area contributed by atoms with Crippen LogP contribution in [-0.2, 0) is 16.9 Å². The Morgan fingerprint density at radius 3 is 2.13 bits per heavy atom. The van der Waals surface area contributed by atoms with Gasteiger partial charge >= 0.3 is 6.03 Å². The van der Waals surface area contributed by atoms with E-state index in [0.29, 0.717) is 17.7 Å². The molecule has 1 aliphatic rings. The van der Waals surface area contributed by atoms with Crippen molar-refractivity contribution in [2.45, 2.75) is 25.4 Å². The summed E-state index contributed by atoms with van der Waals surface area (Å²) in [6.45, 7) is 2.02. The van der Waals surface area contributed by atoms with E-state index in [1.807, 2.05) is 67.6 Å². The summed E-state index contributed by atoms with van der Waals surface area (Å²) < 4.78 is 0. The molecule has 1 saturated heterocycles. The second kappa shape index (κ2) is 8.44. The molecule has 0 unspecified atom stereocenters. The van der Waals surface area contributed by atoms with Crippen LogP contribution in [-0.4, -0.2) is 22.7 Å². The van der Waals surface area contributed by atoms with Gasteiger partial charge in [-0.2, -0.15) is 0 Å². The number of para-hydroxylation sites is 1. The molecule has 0 spiro atoms. The van der Waals surface area contributed by atoms with Gasteiger partial charge in [0.25, 0.3) is 11.8 Å². The molecule has 156 valence electrons. The molecule has 2 N–H and O–H groups in total. The van der Waals surface area contributed by atoms with Crippen molar-refractivity contribution in [1.29, 1.82) is 0 Å². The molecule has 1 aliphatic heterocycles. The van der Waals surface area contributed by atoms with Gasteiger partial charge in [-0.1, -0.05) is 67.6 Å². The number of amides is 4. The average molecular weight is 413 g/mol. The number of hydrogen-bond acceptors (Lipinski definition) is 3. The molecule has 0 radical (unpaired) electrons. The van der Waals surface area contributed by atoms with Crippen molar-refractivity contribution in [3.8, 4) is 0 Å². The Labute approximate surface area is 180 Å². The number of hydrogen-bond donors (Lipinski definition) is 2. The van der Waals surface area contributed by atoms with E-state index in [4.69, 9.17) is 0 Å².